The molecule has 1 aliphatic heterocycles. The van der Waals surface area contributed by atoms with Gasteiger partial charge in [0.05, 0.1) is 11.9 Å². The first-order valence-corrected chi connectivity index (χ1v) is 12.8. The van der Waals surface area contributed by atoms with Crippen LogP contribution in [0.3, 0.4) is 0 Å². The molecule has 6 N–H and O–H groups in total. The average molecular weight is 544 g/mol. The van der Waals surface area contributed by atoms with Gasteiger partial charge in [0.2, 0.25) is 0 Å². The van der Waals surface area contributed by atoms with Crippen molar-refractivity contribution >= 4 is 33.1 Å². The molecule has 0 bridgehead atoms. The topological polar surface area (TPSA) is 195 Å². The Hall–Kier alpha value is -4.18. The third-order valence-electron chi connectivity index (χ3n) is 5.90. The number of nitrogens with two attached hydrogens (primary N) is 1. The summed E-state index contributed by atoms with van der Waals surface area (Å²) in [5.74, 6) is -1.16. The van der Waals surface area contributed by atoms with E-state index in [1.165, 1.54) is 35.2 Å². The number of hydrogen-bond donors (Lipinski definition) is 5. The number of rotatable bonds is 7. The van der Waals surface area contributed by atoms with Gasteiger partial charge in [-0.3, -0.25) is 9.36 Å². The van der Waals surface area contributed by atoms with Crippen molar-refractivity contribution in [1.29, 1.82) is 0 Å². The molecule has 5 rings (SSSR count). The molecule has 3 heterocycles. The lowest BCUT2D eigenvalue weighted by atomic mass is 10.1. The van der Waals surface area contributed by atoms with E-state index in [9.17, 15) is 23.4 Å². The quantitative estimate of drug-likeness (QED) is 0.221. The first-order chi connectivity index (χ1) is 18.1. The third kappa shape index (κ3) is 4.87. The van der Waals surface area contributed by atoms with Gasteiger partial charge in [-0.25, -0.2) is 24.1 Å². The maximum atomic E-state index is 15.2. The standard InChI is InChI=1S/C23H22FN7O6S/c24-16-18(33)15(10-27-38(35,36)30-22(34)13-8-4-5-9-14(13)32)37-23(16)31-11-26-17-19(25)28-20(29-21(17)31)12-6-2-1-3-7-12/h1-9,11,15-16,18,23,27,32-33H,10H2,(H,30,34)(H2,25,28,29)/t15-,16-,18-,23-/m1/s1. The summed E-state index contributed by atoms with van der Waals surface area (Å²) in [4.78, 5) is 25.1. The Labute approximate surface area is 215 Å². The maximum absolute atomic E-state index is 15.2. The van der Waals surface area contributed by atoms with E-state index in [2.05, 4.69) is 19.7 Å². The van der Waals surface area contributed by atoms with Crippen molar-refractivity contribution < 1.29 is 32.6 Å². The van der Waals surface area contributed by atoms with Crippen LogP contribution in [0.4, 0.5) is 10.2 Å². The summed E-state index contributed by atoms with van der Waals surface area (Å²) in [5.41, 5.74) is 6.81. The number of imidazole rings is 1. The molecular formula is C23H22FN7O6S. The Morgan fingerprint density at radius 1 is 1.13 bits per heavy atom. The number of phenolic OH excluding ortho intramolecular Hbond substituents is 1. The molecule has 15 heteroatoms. The highest BCUT2D eigenvalue weighted by Crippen LogP contribution is 2.34. The molecular weight excluding hydrogens is 521 g/mol. The van der Waals surface area contributed by atoms with Crippen molar-refractivity contribution in [3.63, 3.8) is 0 Å². The molecule has 4 aromatic rings. The molecule has 4 atom stereocenters. The average Bonchev–Trinajstić information content (AvgIpc) is 3.44. The van der Waals surface area contributed by atoms with Crippen LogP contribution in [0.15, 0.2) is 60.9 Å². The number of carbonyl (C=O) groups is 1. The van der Waals surface area contributed by atoms with E-state index < -0.39 is 53.0 Å². The van der Waals surface area contributed by atoms with Crippen LogP contribution in [0, 0.1) is 0 Å². The third-order valence-corrected chi connectivity index (χ3v) is 6.90. The van der Waals surface area contributed by atoms with Gasteiger partial charge < -0.3 is 20.7 Å². The maximum Gasteiger partial charge on any atom is 0.301 e. The smallest absolute Gasteiger partial charge is 0.301 e. The van der Waals surface area contributed by atoms with E-state index in [4.69, 9.17) is 10.5 Å². The number of nitrogens with zero attached hydrogens (tertiary/aromatic N) is 4. The summed E-state index contributed by atoms with van der Waals surface area (Å²) >= 11 is 0. The summed E-state index contributed by atoms with van der Waals surface area (Å²) in [6.45, 7) is -0.569. The number of nitrogen functional groups attached to an aromatic ring is 1. The Bertz CT molecular complexity index is 1600. The van der Waals surface area contributed by atoms with Crippen molar-refractivity contribution in [3.8, 4) is 17.1 Å². The number of carbonyl (C=O) groups excluding carboxylic acids is 1. The SMILES string of the molecule is Nc1nc(-c2ccccc2)nc2c1ncn2[C@@H]1O[C@H](CNS(=O)(=O)NC(=O)c2ccccc2O)[C@@H](O)[C@H]1F. The fourth-order valence-corrected chi connectivity index (χ4v) is 4.82. The van der Waals surface area contributed by atoms with E-state index in [0.29, 0.717) is 5.56 Å². The minimum absolute atomic E-state index is 0.0612. The lowest BCUT2D eigenvalue weighted by Crippen LogP contribution is -2.45. The number of alkyl halides is 1. The van der Waals surface area contributed by atoms with E-state index in [-0.39, 0.29) is 28.4 Å². The predicted molar refractivity (Wildman–Crippen MR) is 132 cm³/mol. The molecule has 0 aliphatic carbocycles. The van der Waals surface area contributed by atoms with Crippen molar-refractivity contribution in [2.24, 2.45) is 0 Å². The summed E-state index contributed by atoms with van der Waals surface area (Å²) in [6.07, 6.45) is -5.18. The number of para-hydroxylation sites is 1. The second-order valence-corrected chi connectivity index (χ2v) is 9.92. The van der Waals surface area contributed by atoms with Gasteiger partial charge >= 0.3 is 10.2 Å². The van der Waals surface area contributed by atoms with Crippen molar-refractivity contribution in [2.45, 2.75) is 24.6 Å². The second kappa shape index (κ2) is 9.94. The van der Waals surface area contributed by atoms with Gasteiger partial charge in [0.1, 0.15) is 23.5 Å². The van der Waals surface area contributed by atoms with Crippen molar-refractivity contribution in [1.82, 2.24) is 29.0 Å². The normalized spacial score (nSPS) is 21.5. The highest BCUT2D eigenvalue weighted by molar-refractivity contribution is 7.88. The molecule has 198 valence electrons. The zero-order chi connectivity index (χ0) is 27.0. The van der Waals surface area contributed by atoms with Gasteiger partial charge in [-0.05, 0) is 12.1 Å². The van der Waals surface area contributed by atoms with Crippen LogP contribution in [-0.4, -0.2) is 69.0 Å². The van der Waals surface area contributed by atoms with Gasteiger partial charge in [-0.1, -0.05) is 42.5 Å². The number of aromatic nitrogens is 4. The number of amides is 1. The fourth-order valence-electron chi connectivity index (χ4n) is 4.01. The molecule has 0 unspecified atom stereocenters. The first kappa shape index (κ1) is 25.5. The van der Waals surface area contributed by atoms with E-state index in [0.717, 1.165) is 0 Å². The van der Waals surface area contributed by atoms with Crippen LogP contribution in [0.25, 0.3) is 22.6 Å². The zero-order valence-corrected chi connectivity index (χ0v) is 20.3. The Kier molecular flexibility index (Phi) is 6.66. The minimum atomic E-state index is -4.45. The fraction of sp³-hybridized carbons (Fsp3) is 0.217. The number of ether oxygens (including phenoxy) is 1. The molecule has 13 nitrogen and oxygen atoms in total. The van der Waals surface area contributed by atoms with Crippen molar-refractivity contribution in [3.05, 3.63) is 66.5 Å². The largest absolute Gasteiger partial charge is 0.507 e. The Morgan fingerprint density at radius 2 is 1.84 bits per heavy atom. The molecule has 38 heavy (non-hydrogen) atoms. The van der Waals surface area contributed by atoms with Crippen LogP contribution in [0.2, 0.25) is 0 Å². The Balaban J connectivity index is 1.33. The summed E-state index contributed by atoms with van der Waals surface area (Å²) < 4.78 is 50.6. The van der Waals surface area contributed by atoms with E-state index >= 15 is 4.39 Å². The van der Waals surface area contributed by atoms with Gasteiger partial charge in [-0.2, -0.15) is 13.1 Å². The predicted octanol–water partition coefficient (Wildman–Crippen LogP) is 0.642. The summed E-state index contributed by atoms with van der Waals surface area (Å²) in [6, 6.07) is 14.3. The number of halogens is 1. The molecule has 0 spiro atoms. The molecule has 2 aromatic heterocycles. The van der Waals surface area contributed by atoms with E-state index in [1.807, 2.05) is 6.07 Å². The highest BCUT2D eigenvalue weighted by atomic mass is 32.2. The molecule has 1 fully saturated rings. The van der Waals surface area contributed by atoms with Crippen LogP contribution in [0.5, 0.6) is 5.75 Å². The van der Waals surface area contributed by atoms with Gasteiger partial charge in [0.25, 0.3) is 5.91 Å². The number of benzene rings is 2. The molecule has 1 saturated heterocycles. The van der Waals surface area contributed by atoms with Gasteiger partial charge in [-0.15, -0.1) is 0 Å². The van der Waals surface area contributed by atoms with Gasteiger partial charge in [0.15, 0.2) is 29.7 Å². The lowest BCUT2D eigenvalue weighted by molar-refractivity contribution is -0.0195. The second-order valence-electron chi connectivity index (χ2n) is 8.42. The van der Waals surface area contributed by atoms with Crippen LogP contribution < -0.4 is 15.2 Å². The van der Waals surface area contributed by atoms with Crippen molar-refractivity contribution in [2.75, 3.05) is 12.3 Å². The number of fused-ring (bicyclic) bond motifs is 1. The number of phenols is 1. The number of aromatic hydroxyl groups is 1. The van der Waals surface area contributed by atoms with Crippen LogP contribution in [-0.2, 0) is 14.9 Å². The zero-order valence-electron chi connectivity index (χ0n) is 19.5. The highest BCUT2D eigenvalue weighted by Gasteiger charge is 2.46. The lowest BCUT2D eigenvalue weighted by Gasteiger charge is -2.16. The number of nitrogens with one attached hydrogen (secondary N) is 2. The number of aliphatic hydroxyl groups is 1. The summed E-state index contributed by atoms with van der Waals surface area (Å²) in [7, 11) is -4.45. The van der Waals surface area contributed by atoms with Gasteiger partial charge in [0, 0.05) is 12.1 Å². The molecule has 1 aliphatic rings. The number of hydrogen-bond acceptors (Lipinski definition) is 10. The molecule has 0 radical (unpaired) electrons. The van der Waals surface area contributed by atoms with E-state index in [1.54, 1.807) is 29.0 Å². The number of anilines is 1. The van der Waals surface area contributed by atoms with Crippen LogP contribution in [0.1, 0.15) is 16.6 Å². The monoisotopic (exact) mass is 543 g/mol. The molecule has 0 saturated carbocycles. The summed E-state index contributed by atoms with van der Waals surface area (Å²) in [5, 5.41) is 20.2. The molecule has 2 aromatic carbocycles. The molecule has 1 amide bonds. The van der Waals surface area contributed by atoms with Crippen LogP contribution >= 0.6 is 0 Å². The first-order valence-electron chi connectivity index (χ1n) is 11.3. The Morgan fingerprint density at radius 3 is 2.58 bits per heavy atom. The number of aliphatic hydroxyl groups excluding tert-OH is 1. The minimum Gasteiger partial charge on any atom is -0.507 e.